The van der Waals surface area contributed by atoms with Crippen LogP contribution >= 0.6 is 0 Å². The van der Waals surface area contributed by atoms with Crippen molar-refractivity contribution in [3.05, 3.63) is 95.6 Å². The van der Waals surface area contributed by atoms with E-state index in [0.717, 1.165) is 11.1 Å². The van der Waals surface area contributed by atoms with Gasteiger partial charge in [0.05, 0.1) is 0 Å². The van der Waals surface area contributed by atoms with E-state index in [1.54, 1.807) is 18.2 Å². The first-order valence-corrected chi connectivity index (χ1v) is 11.2. The highest BCUT2D eigenvalue weighted by molar-refractivity contribution is 7.89. The third-order valence-electron chi connectivity index (χ3n) is 5.10. The molecule has 0 aromatic heterocycles. The van der Waals surface area contributed by atoms with Gasteiger partial charge >= 0.3 is 5.79 Å². The van der Waals surface area contributed by atoms with Gasteiger partial charge in [-0.3, -0.25) is 0 Å². The summed E-state index contributed by atoms with van der Waals surface area (Å²) in [6.45, 7) is 1.93. The second-order valence-electron chi connectivity index (χ2n) is 7.13. The molecule has 1 heterocycles. The van der Waals surface area contributed by atoms with Gasteiger partial charge in [-0.15, -0.1) is 0 Å². The van der Waals surface area contributed by atoms with E-state index in [4.69, 9.17) is 14.6 Å². The van der Waals surface area contributed by atoms with Crippen molar-refractivity contribution in [3.63, 3.8) is 0 Å². The minimum Gasteiger partial charge on any atom is -0.440 e. The molecular formula is C23H23NO4S. The van der Waals surface area contributed by atoms with E-state index >= 15 is 0 Å². The summed E-state index contributed by atoms with van der Waals surface area (Å²) in [6, 6.07) is 24.6. The molecule has 29 heavy (non-hydrogen) atoms. The van der Waals surface area contributed by atoms with Gasteiger partial charge in [0.1, 0.15) is 5.25 Å². The van der Waals surface area contributed by atoms with Crippen LogP contribution in [0, 0.1) is 0 Å². The van der Waals surface area contributed by atoms with Gasteiger partial charge in [-0.25, -0.2) is 13.6 Å². The molecule has 1 aliphatic heterocycles. The Morgan fingerprint density at radius 1 is 0.862 bits per heavy atom. The Bertz CT molecular complexity index is 1060. The molecule has 0 fully saturated rings. The molecule has 0 saturated carbocycles. The van der Waals surface area contributed by atoms with Crippen LogP contribution in [0.15, 0.2) is 78.9 Å². The number of nitrogens with two attached hydrogens (primary N) is 1. The maximum absolute atomic E-state index is 12.1. The van der Waals surface area contributed by atoms with Crippen molar-refractivity contribution >= 4 is 10.0 Å². The van der Waals surface area contributed by atoms with Crippen molar-refractivity contribution in [3.8, 4) is 11.5 Å². The second-order valence-corrected chi connectivity index (χ2v) is 8.87. The van der Waals surface area contributed by atoms with E-state index in [2.05, 4.69) is 0 Å². The zero-order valence-corrected chi connectivity index (χ0v) is 16.9. The number of fused-ring (bicyclic) bond motifs is 1. The summed E-state index contributed by atoms with van der Waals surface area (Å²) in [5.41, 5.74) is 2.30. The van der Waals surface area contributed by atoms with Crippen molar-refractivity contribution in [2.45, 2.75) is 30.8 Å². The molecule has 1 aliphatic rings. The van der Waals surface area contributed by atoms with Crippen LogP contribution < -0.4 is 14.6 Å². The zero-order chi connectivity index (χ0) is 20.5. The number of ether oxygens (including phenoxy) is 2. The lowest BCUT2D eigenvalue weighted by atomic mass is 9.97. The summed E-state index contributed by atoms with van der Waals surface area (Å²) >= 11 is 0. The molecule has 0 aliphatic carbocycles. The molecule has 0 saturated heterocycles. The lowest BCUT2D eigenvalue weighted by molar-refractivity contribution is -0.0459. The molecule has 2 N–H and O–H groups in total. The minimum absolute atomic E-state index is 0.445. The quantitative estimate of drug-likeness (QED) is 0.651. The van der Waals surface area contributed by atoms with Gasteiger partial charge < -0.3 is 9.47 Å². The van der Waals surface area contributed by atoms with Crippen LogP contribution in [0.2, 0.25) is 0 Å². The number of hydrogen-bond donors (Lipinski definition) is 1. The van der Waals surface area contributed by atoms with Gasteiger partial charge in [0, 0.05) is 11.1 Å². The Hall–Kier alpha value is -2.83. The fraction of sp³-hybridized carbons (Fsp3) is 0.217. The predicted molar refractivity (Wildman–Crippen MR) is 112 cm³/mol. The average Bonchev–Trinajstić information content (AvgIpc) is 3.12. The molecule has 0 radical (unpaired) electrons. The first kappa shape index (κ1) is 19.5. The summed E-state index contributed by atoms with van der Waals surface area (Å²) in [6.07, 6.45) is 1.15. The Balaban J connectivity index is 1.80. The summed E-state index contributed by atoms with van der Waals surface area (Å²) in [4.78, 5) is 0. The molecule has 4 rings (SSSR count). The van der Waals surface area contributed by atoms with Crippen LogP contribution in [-0.4, -0.2) is 8.42 Å². The lowest BCUT2D eigenvalue weighted by Gasteiger charge is -2.28. The van der Waals surface area contributed by atoms with E-state index < -0.39 is 21.1 Å². The van der Waals surface area contributed by atoms with Crippen molar-refractivity contribution in [2.75, 3.05) is 0 Å². The molecule has 3 aromatic carbocycles. The fourth-order valence-electron chi connectivity index (χ4n) is 3.72. The van der Waals surface area contributed by atoms with Crippen LogP contribution in [0.3, 0.4) is 0 Å². The number of primary sulfonamides is 1. The Morgan fingerprint density at radius 3 is 1.93 bits per heavy atom. The summed E-state index contributed by atoms with van der Waals surface area (Å²) in [5.74, 6) is -0.0724. The van der Waals surface area contributed by atoms with Gasteiger partial charge in [-0.05, 0) is 24.1 Å². The Labute approximate surface area is 171 Å². The highest BCUT2D eigenvalue weighted by Crippen LogP contribution is 2.48. The van der Waals surface area contributed by atoms with Crippen LogP contribution in [-0.2, 0) is 15.8 Å². The lowest BCUT2D eigenvalue weighted by Crippen LogP contribution is -2.36. The third-order valence-corrected chi connectivity index (χ3v) is 6.40. The topological polar surface area (TPSA) is 78.6 Å². The molecule has 1 unspecified atom stereocenters. The third kappa shape index (κ3) is 3.61. The maximum Gasteiger partial charge on any atom is 0.305 e. The van der Waals surface area contributed by atoms with Crippen LogP contribution in [0.4, 0.5) is 0 Å². The molecule has 1 atom stereocenters. The van der Waals surface area contributed by atoms with Crippen LogP contribution in [0.5, 0.6) is 11.5 Å². The minimum atomic E-state index is -3.73. The van der Waals surface area contributed by atoms with Gasteiger partial charge in [0.15, 0.2) is 11.5 Å². The molecule has 6 heteroatoms. The monoisotopic (exact) mass is 409 g/mol. The summed E-state index contributed by atoms with van der Waals surface area (Å²) < 4.78 is 36.9. The van der Waals surface area contributed by atoms with Gasteiger partial charge in [-0.1, -0.05) is 80.1 Å². The Kier molecular flexibility index (Phi) is 5.06. The van der Waals surface area contributed by atoms with Gasteiger partial charge in [0.2, 0.25) is 10.0 Å². The van der Waals surface area contributed by atoms with Crippen LogP contribution in [0.25, 0.3) is 0 Å². The Morgan fingerprint density at radius 2 is 1.41 bits per heavy atom. The smallest absolute Gasteiger partial charge is 0.305 e. The van der Waals surface area contributed by atoms with E-state index in [0.29, 0.717) is 29.9 Å². The van der Waals surface area contributed by atoms with Crippen molar-refractivity contribution in [1.29, 1.82) is 0 Å². The number of rotatable bonds is 6. The SMILES string of the molecule is CCCC(c1ccc2c(c1)OC(c1ccccc1)(c1ccccc1)O2)S(N)(=O)=O. The molecule has 0 spiro atoms. The molecular weight excluding hydrogens is 386 g/mol. The van der Waals surface area contributed by atoms with E-state index in [1.165, 1.54) is 0 Å². The standard InChI is InChI=1S/C23H23NO4S/c1-2-9-22(29(24,25)26)17-14-15-20-21(16-17)28-23(27-20,18-10-5-3-6-11-18)19-12-7-4-8-13-19/h3-8,10-16,22H,2,9H2,1H3,(H2,24,25,26). The molecule has 5 nitrogen and oxygen atoms in total. The molecule has 0 bridgehead atoms. The highest BCUT2D eigenvalue weighted by Gasteiger charge is 2.45. The summed E-state index contributed by atoms with van der Waals surface area (Å²) in [5, 5.41) is 4.71. The van der Waals surface area contributed by atoms with Crippen LogP contribution in [0.1, 0.15) is 41.7 Å². The predicted octanol–water partition coefficient (Wildman–Crippen LogP) is 4.49. The molecule has 150 valence electrons. The maximum atomic E-state index is 12.1. The van der Waals surface area contributed by atoms with Gasteiger partial charge in [0.25, 0.3) is 0 Å². The normalized spacial score (nSPS) is 15.8. The zero-order valence-electron chi connectivity index (χ0n) is 16.1. The highest BCUT2D eigenvalue weighted by atomic mass is 32.2. The number of hydrogen-bond acceptors (Lipinski definition) is 4. The number of benzene rings is 3. The first-order chi connectivity index (χ1) is 13.9. The first-order valence-electron chi connectivity index (χ1n) is 9.58. The van der Waals surface area contributed by atoms with E-state index in [9.17, 15) is 8.42 Å². The van der Waals surface area contributed by atoms with Crippen molar-refractivity contribution in [2.24, 2.45) is 5.14 Å². The largest absolute Gasteiger partial charge is 0.440 e. The van der Waals surface area contributed by atoms with Gasteiger partial charge in [-0.2, -0.15) is 0 Å². The molecule has 0 amide bonds. The van der Waals surface area contributed by atoms with Crippen molar-refractivity contribution in [1.82, 2.24) is 0 Å². The molecule has 3 aromatic rings. The fourth-order valence-corrected chi connectivity index (χ4v) is 4.81. The average molecular weight is 410 g/mol. The number of sulfonamides is 1. The van der Waals surface area contributed by atoms with E-state index in [-0.39, 0.29) is 0 Å². The van der Waals surface area contributed by atoms with Crippen molar-refractivity contribution < 1.29 is 17.9 Å². The summed E-state index contributed by atoms with van der Waals surface area (Å²) in [7, 11) is -3.73. The van der Waals surface area contributed by atoms with E-state index in [1.807, 2.05) is 67.6 Å². The second kappa shape index (κ2) is 7.54.